The molecular formula is C23H26ClN3O4S. The molecular weight excluding hydrogens is 450 g/mol. The van der Waals surface area contributed by atoms with Crippen molar-refractivity contribution in [2.24, 2.45) is 0 Å². The van der Waals surface area contributed by atoms with Crippen LogP contribution in [0.3, 0.4) is 0 Å². The van der Waals surface area contributed by atoms with E-state index in [1.165, 1.54) is 30.3 Å². The van der Waals surface area contributed by atoms with Crippen LogP contribution in [0.15, 0.2) is 53.4 Å². The van der Waals surface area contributed by atoms with Crippen LogP contribution in [0, 0.1) is 0 Å². The van der Waals surface area contributed by atoms with Crippen molar-refractivity contribution in [3.05, 3.63) is 59.1 Å². The zero-order valence-electron chi connectivity index (χ0n) is 17.6. The Labute approximate surface area is 193 Å². The van der Waals surface area contributed by atoms with Gasteiger partial charge in [0.25, 0.3) is 15.9 Å². The lowest BCUT2D eigenvalue weighted by Crippen LogP contribution is -2.48. The topological polar surface area (TPSA) is 95.6 Å². The second-order valence-corrected chi connectivity index (χ2v) is 10.4. The van der Waals surface area contributed by atoms with Gasteiger partial charge in [0, 0.05) is 28.9 Å². The number of sulfonamides is 1. The summed E-state index contributed by atoms with van der Waals surface area (Å²) in [7, 11) is -3.83. The summed E-state index contributed by atoms with van der Waals surface area (Å²) in [4.78, 5) is 27.6. The third-order valence-corrected chi connectivity index (χ3v) is 7.65. The summed E-state index contributed by atoms with van der Waals surface area (Å²) < 4.78 is 27.8. The fraction of sp³-hybridized carbons (Fsp3) is 0.391. The third kappa shape index (κ3) is 5.07. The van der Waals surface area contributed by atoms with E-state index < -0.39 is 16.1 Å². The van der Waals surface area contributed by atoms with Crippen molar-refractivity contribution in [2.45, 2.75) is 55.5 Å². The molecule has 0 spiro atoms. The predicted molar refractivity (Wildman–Crippen MR) is 123 cm³/mol. The van der Waals surface area contributed by atoms with Crippen molar-refractivity contribution in [2.75, 3.05) is 11.3 Å². The molecule has 1 saturated heterocycles. The Morgan fingerprint density at radius 3 is 2.41 bits per heavy atom. The molecule has 32 heavy (non-hydrogen) atoms. The summed E-state index contributed by atoms with van der Waals surface area (Å²) in [6.07, 6.45) is 5.61. The van der Waals surface area contributed by atoms with Crippen LogP contribution in [-0.4, -0.2) is 43.8 Å². The summed E-state index contributed by atoms with van der Waals surface area (Å²) in [5.74, 6) is -0.371. The van der Waals surface area contributed by atoms with Crippen molar-refractivity contribution in [3.8, 4) is 0 Å². The summed E-state index contributed by atoms with van der Waals surface area (Å²) in [5.41, 5.74) is 0.610. The van der Waals surface area contributed by atoms with Crippen molar-refractivity contribution in [3.63, 3.8) is 0 Å². The van der Waals surface area contributed by atoms with Crippen molar-refractivity contribution < 1.29 is 18.0 Å². The summed E-state index contributed by atoms with van der Waals surface area (Å²) >= 11 is 5.84. The molecule has 2 aliphatic rings. The molecule has 2 aromatic carbocycles. The van der Waals surface area contributed by atoms with Gasteiger partial charge in [0.15, 0.2) is 0 Å². The molecule has 2 aromatic rings. The number of halogens is 1. The molecule has 0 aromatic heterocycles. The molecule has 2 amide bonds. The fourth-order valence-electron chi connectivity index (χ4n) is 4.36. The molecule has 2 N–H and O–H groups in total. The third-order valence-electron chi connectivity index (χ3n) is 6.00. The zero-order chi connectivity index (χ0) is 22.7. The first kappa shape index (κ1) is 22.6. The van der Waals surface area contributed by atoms with E-state index in [1.54, 1.807) is 23.1 Å². The number of nitrogens with one attached hydrogen (secondary N) is 2. The van der Waals surface area contributed by atoms with Gasteiger partial charge in [0.1, 0.15) is 6.04 Å². The van der Waals surface area contributed by atoms with Gasteiger partial charge in [-0.25, -0.2) is 8.42 Å². The first-order valence-electron chi connectivity index (χ1n) is 10.8. The van der Waals surface area contributed by atoms with Crippen LogP contribution in [-0.2, 0) is 14.8 Å². The standard InChI is InChI=1S/C23H26ClN3O4S/c24-17-10-12-20(13-11-17)32(30,31)26-19-8-3-5-16(15-19)23(29)27-14-4-9-21(27)22(28)25-18-6-1-2-7-18/h3,5,8,10-13,15,18,21,26H,1-2,4,6-7,9,14H2,(H,25,28). The molecule has 1 aliphatic heterocycles. The minimum Gasteiger partial charge on any atom is -0.352 e. The van der Waals surface area contributed by atoms with E-state index in [1.807, 2.05) is 0 Å². The molecule has 1 saturated carbocycles. The van der Waals surface area contributed by atoms with Crippen LogP contribution < -0.4 is 10.0 Å². The quantitative estimate of drug-likeness (QED) is 0.664. The Kier molecular flexibility index (Phi) is 6.71. The number of carbonyl (C=O) groups excluding carboxylic acids is 2. The van der Waals surface area contributed by atoms with Gasteiger partial charge in [0.2, 0.25) is 5.91 Å². The zero-order valence-corrected chi connectivity index (χ0v) is 19.2. The molecule has 170 valence electrons. The number of hydrogen-bond donors (Lipinski definition) is 2. The normalized spacial score (nSPS) is 19.2. The number of hydrogen-bond acceptors (Lipinski definition) is 4. The molecule has 1 heterocycles. The average Bonchev–Trinajstić information content (AvgIpc) is 3.45. The number of carbonyl (C=O) groups is 2. The molecule has 0 bridgehead atoms. The predicted octanol–water partition coefficient (Wildman–Crippen LogP) is 3.80. The van der Waals surface area contributed by atoms with Crippen LogP contribution in [0.1, 0.15) is 48.9 Å². The second-order valence-electron chi connectivity index (χ2n) is 8.29. The van der Waals surface area contributed by atoms with Gasteiger partial charge in [-0.05, 0) is 68.1 Å². The number of likely N-dealkylation sites (tertiary alicyclic amines) is 1. The minimum absolute atomic E-state index is 0.0711. The molecule has 4 rings (SSSR count). The fourth-order valence-corrected chi connectivity index (χ4v) is 5.53. The number of rotatable bonds is 6. The molecule has 7 nitrogen and oxygen atoms in total. The Hall–Kier alpha value is -2.58. The summed E-state index contributed by atoms with van der Waals surface area (Å²) in [6, 6.07) is 11.9. The smallest absolute Gasteiger partial charge is 0.261 e. The van der Waals surface area contributed by atoms with Crippen LogP contribution in [0.5, 0.6) is 0 Å². The average molecular weight is 476 g/mol. The van der Waals surface area contributed by atoms with Gasteiger partial charge in [-0.3, -0.25) is 14.3 Å². The first-order chi connectivity index (χ1) is 15.3. The molecule has 9 heteroatoms. The van der Waals surface area contributed by atoms with E-state index in [-0.39, 0.29) is 28.4 Å². The van der Waals surface area contributed by atoms with Crippen molar-refractivity contribution >= 4 is 39.1 Å². The molecule has 1 unspecified atom stereocenters. The lowest BCUT2D eigenvalue weighted by atomic mass is 10.1. The number of amides is 2. The number of benzene rings is 2. The summed E-state index contributed by atoms with van der Waals surface area (Å²) in [6.45, 7) is 0.502. The Bertz CT molecular complexity index is 1100. The molecule has 2 fully saturated rings. The van der Waals surface area contributed by atoms with Crippen LogP contribution >= 0.6 is 11.6 Å². The molecule has 1 aliphatic carbocycles. The number of nitrogens with zero attached hydrogens (tertiary/aromatic N) is 1. The lowest BCUT2D eigenvalue weighted by molar-refractivity contribution is -0.125. The maximum Gasteiger partial charge on any atom is 0.261 e. The second kappa shape index (κ2) is 9.50. The van der Waals surface area contributed by atoms with Gasteiger partial charge >= 0.3 is 0 Å². The van der Waals surface area contributed by atoms with E-state index in [9.17, 15) is 18.0 Å². The SMILES string of the molecule is O=C(NC1CCCC1)C1CCCN1C(=O)c1cccc(NS(=O)(=O)c2ccc(Cl)cc2)c1. The highest BCUT2D eigenvalue weighted by molar-refractivity contribution is 7.92. The van der Waals surface area contributed by atoms with E-state index in [2.05, 4.69) is 10.0 Å². The highest BCUT2D eigenvalue weighted by Gasteiger charge is 2.35. The van der Waals surface area contributed by atoms with Crippen LogP contribution in [0.4, 0.5) is 5.69 Å². The van der Waals surface area contributed by atoms with Gasteiger partial charge < -0.3 is 10.2 Å². The van der Waals surface area contributed by atoms with Gasteiger partial charge in [0.05, 0.1) is 4.90 Å². The summed E-state index contributed by atoms with van der Waals surface area (Å²) in [5, 5.41) is 3.53. The van der Waals surface area contributed by atoms with E-state index >= 15 is 0 Å². The molecule has 1 atom stereocenters. The number of anilines is 1. The van der Waals surface area contributed by atoms with E-state index in [0.717, 1.165) is 32.1 Å². The van der Waals surface area contributed by atoms with Crippen molar-refractivity contribution in [1.82, 2.24) is 10.2 Å². The Morgan fingerprint density at radius 2 is 1.69 bits per heavy atom. The lowest BCUT2D eigenvalue weighted by Gasteiger charge is -2.25. The van der Waals surface area contributed by atoms with Crippen LogP contribution in [0.25, 0.3) is 0 Å². The first-order valence-corrected chi connectivity index (χ1v) is 12.7. The van der Waals surface area contributed by atoms with E-state index in [0.29, 0.717) is 23.6 Å². The van der Waals surface area contributed by atoms with Gasteiger partial charge in [-0.2, -0.15) is 0 Å². The minimum atomic E-state index is -3.83. The molecule has 0 radical (unpaired) electrons. The highest BCUT2D eigenvalue weighted by Crippen LogP contribution is 2.25. The Balaban J connectivity index is 1.47. The largest absolute Gasteiger partial charge is 0.352 e. The monoisotopic (exact) mass is 475 g/mol. The van der Waals surface area contributed by atoms with Crippen LogP contribution in [0.2, 0.25) is 5.02 Å². The van der Waals surface area contributed by atoms with Gasteiger partial charge in [-0.1, -0.05) is 30.5 Å². The van der Waals surface area contributed by atoms with Crippen molar-refractivity contribution in [1.29, 1.82) is 0 Å². The van der Waals surface area contributed by atoms with E-state index in [4.69, 9.17) is 11.6 Å². The maximum absolute atomic E-state index is 13.2. The highest BCUT2D eigenvalue weighted by atomic mass is 35.5. The van der Waals surface area contributed by atoms with Gasteiger partial charge in [-0.15, -0.1) is 0 Å². The maximum atomic E-state index is 13.2. The Morgan fingerprint density at radius 1 is 0.969 bits per heavy atom.